The van der Waals surface area contributed by atoms with Crippen LogP contribution in [0, 0.1) is 0 Å². The first-order valence-electron chi connectivity index (χ1n) is 11.0. The average molecular weight is 404 g/mol. The largest absolute Gasteiger partial charge is 0.494 e. The molecule has 0 amide bonds. The topological polar surface area (TPSA) is 18.5 Å². The summed E-state index contributed by atoms with van der Waals surface area (Å²) in [5.41, 5.74) is 0.392. The van der Waals surface area contributed by atoms with E-state index < -0.39 is 0 Å². The number of fused-ring (bicyclic) bond motifs is 7. The van der Waals surface area contributed by atoms with Crippen molar-refractivity contribution in [3.05, 3.63) is 78.9 Å². The summed E-state index contributed by atoms with van der Waals surface area (Å²) >= 11 is 0. The van der Waals surface area contributed by atoms with Crippen LogP contribution in [0.3, 0.4) is 0 Å². The first-order valence-corrected chi connectivity index (χ1v) is 11.0. The van der Waals surface area contributed by atoms with Gasteiger partial charge in [0.25, 0.3) is 0 Å². The van der Waals surface area contributed by atoms with Crippen LogP contribution in [0.5, 0.6) is 0 Å². The van der Waals surface area contributed by atoms with Crippen LogP contribution >= 0.6 is 0 Å². The minimum Gasteiger partial charge on any atom is -0.399 e. The van der Waals surface area contributed by atoms with Gasteiger partial charge in [0.15, 0.2) is 0 Å². The molecule has 6 rings (SSSR count). The molecule has 1 heterocycles. The Bertz CT molecular complexity index is 1480. The molecule has 0 bridgehead atoms. The fraction of sp³-hybridized carbons (Fsp3) is 0.214. The maximum Gasteiger partial charge on any atom is 0.494 e. The second-order valence-corrected chi connectivity index (χ2v) is 9.68. The summed E-state index contributed by atoms with van der Waals surface area (Å²) in [6, 6.07) is 28.6. The average Bonchev–Trinajstić information content (AvgIpc) is 2.99. The van der Waals surface area contributed by atoms with E-state index in [9.17, 15) is 0 Å². The smallest absolute Gasteiger partial charge is 0.399 e. The second-order valence-electron chi connectivity index (χ2n) is 9.68. The quantitative estimate of drug-likeness (QED) is 0.232. The van der Waals surface area contributed by atoms with E-state index in [2.05, 4.69) is 107 Å². The molecule has 3 heteroatoms. The molecule has 152 valence electrons. The lowest BCUT2D eigenvalue weighted by Crippen LogP contribution is -2.41. The summed E-state index contributed by atoms with van der Waals surface area (Å²) in [5.74, 6) is 0. The first-order chi connectivity index (χ1) is 14.8. The van der Waals surface area contributed by atoms with Gasteiger partial charge in [-0.25, -0.2) is 0 Å². The third kappa shape index (κ3) is 2.73. The molecular formula is C28H25BO2. The summed E-state index contributed by atoms with van der Waals surface area (Å²) in [5, 5.41) is 10.2. The highest BCUT2D eigenvalue weighted by molar-refractivity contribution is 6.62. The van der Waals surface area contributed by atoms with Gasteiger partial charge in [0.2, 0.25) is 0 Å². The third-order valence-electron chi connectivity index (χ3n) is 7.27. The molecule has 1 aliphatic heterocycles. The molecule has 0 N–H and O–H groups in total. The van der Waals surface area contributed by atoms with E-state index in [1.54, 1.807) is 0 Å². The molecule has 0 unspecified atom stereocenters. The van der Waals surface area contributed by atoms with Crippen molar-refractivity contribution in [2.24, 2.45) is 0 Å². The molecule has 1 aliphatic rings. The van der Waals surface area contributed by atoms with E-state index in [0.717, 1.165) is 5.46 Å². The van der Waals surface area contributed by atoms with Crippen molar-refractivity contribution in [3.8, 4) is 0 Å². The van der Waals surface area contributed by atoms with Crippen molar-refractivity contribution < 1.29 is 9.31 Å². The Morgan fingerprint density at radius 2 is 1.16 bits per heavy atom. The molecule has 2 nitrogen and oxygen atoms in total. The van der Waals surface area contributed by atoms with E-state index in [-0.39, 0.29) is 18.3 Å². The zero-order valence-electron chi connectivity index (χ0n) is 18.4. The summed E-state index contributed by atoms with van der Waals surface area (Å²) < 4.78 is 12.5. The van der Waals surface area contributed by atoms with Gasteiger partial charge in [-0.15, -0.1) is 0 Å². The summed E-state index contributed by atoms with van der Waals surface area (Å²) in [6.45, 7) is 8.38. The first kappa shape index (κ1) is 18.9. The molecule has 0 aliphatic carbocycles. The minimum atomic E-state index is -0.342. The van der Waals surface area contributed by atoms with Gasteiger partial charge in [-0.05, 0) is 76.2 Å². The monoisotopic (exact) mass is 404 g/mol. The summed E-state index contributed by atoms with van der Waals surface area (Å²) in [7, 11) is -0.342. The Balaban J connectivity index is 1.55. The molecule has 0 aromatic heterocycles. The van der Waals surface area contributed by atoms with Crippen LogP contribution in [0.4, 0.5) is 0 Å². The molecule has 5 aromatic carbocycles. The Hall–Kier alpha value is -2.88. The van der Waals surface area contributed by atoms with Crippen LogP contribution in [0.1, 0.15) is 27.7 Å². The van der Waals surface area contributed by atoms with Gasteiger partial charge in [0, 0.05) is 0 Å². The van der Waals surface area contributed by atoms with Crippen LogP contribution in [0.15, 0.2) is 78.9 Å². The Morgan fingerprint density at radius 1 is 0.548 bits per heavy atom. The van der Waals surface area contributed by atoms with Gasteiger partial charge in [-0.2, -0.15) is 0 Å². The molecule has 1 fully saturated rings. The SMILES string of the molecule is CC1(C)OB(c2ccc3c(ccc4c3ccc3ccc5ccccc5c34)c2)OC1(C)C. The van der Waals surface area contributed by atoms with Crippen LogP contribution in [0.2, 0.25) is 0 Å². The van der Waals surface area contributed by atoms with Crippen molar-refractivity contribution >= 4 is 55.7 Å². The van der Waals surface area contributed by atoms with Gasteiger partial charge < -0.3 is 9.31 Å². The van der Waals surface area contributed by atoms with Gasteiger partial charge in [-0.3, -0.25) is 0 Å². The number of benzene rings is 5. The fourth-order valence-corrected chi connectivity index (χ4v) is 4.80. The van der Waals surface area contributed by atoms with Crippen molar-refractivity contribution in [2.75, 3.05) is 0 Å². The summed E-state index contributed by atoms with van der Waals surface area (Å²) in [4.78, 5) is 0. The minimum absolute atomic E-state index is 0.337. The van der Waals surface area contributed by atoms with Crippen LogP contribution < -0.4 is 5.46 Å². The highest BCUT2D eigenvalue weighted by Crippen LogP contribution is 2.38. The molecule has 0 atom stereocenters. The van der Waals surface area contributed by atoms with Crippen molar-refractivity contribution in [2.45, 2.75) is 38.9 Å². The zero-order chi connectivity index (χ0) is 21.4. The van der Waals surface area contributed by atoms with Crippen molar-refractivity contribution in [1.29, 1.82) is 0 Å². The normalized spacial score (nSPS) is 17.9. The third-order valence-corrected chi connectivity index (χ3v) is 7.27. The van der Waals surface area contributed by atoms with Crippen LogP contribution in [-0.2, 0) is 9.31 Å². The molecule has 31 heavy (non-hydrogen) atoms. The van der Waals surface area contributed by atoms with E-state index in [1.807, 2.05) is 0 Å². The molecule has 5 aromatic rings. The highest BCUT2D eigenvalue weighted by atomic mass is 16.7. The van der Waals surface area contributed by atoms with Crippen LogP contribution in [0.25, 0.3) is 43.1 Å². The van der Waals surface area contributed by atoms with Crippen molar-refractivity contribution in [3.63, 3.8) is 0 Å². The number of rotatable bonds is 1. The highest BCUT2D eigenvalue weighted by Gasteiger charge is 2.51. The van der Waals surface area contributed by atoms with E-state index in [4.69, 9.17) is 9.31 Å². The summed E-state index contributed by atoms with van der Waals surface area (Å²) in [6.07, 6.45) is 0. The Morgan fingerprint density at radius 3 is 1.97 bits per heavy atom. The zero-order valence-corrected chi connectivity index (χ0v) is 18.4. The lowest BCUT2D eigenvalue weighted by Gasteiger charge is -2.32. The lowest BCUT2D eigenvalue weighted by molar-refractivity contribution is 0.00578. The Labute approximate surface area is 182 Å². The molecule has 1 saturated heterocycles. The predicted molar refractivity (Wildman–Crippen MR) is 132 cm³/mol. The van der Waals surface area contributed by atoms with E-state index in [1.165, 1.54) is 43.1 Å². The van der Waals surface area contributed by atoms with Crippen molar-refractivity contribution in [1.82, 2.24) is 0 Å². The van der Waals surface area contributed by atoms with Crippen LogP contribution in [-0.4, -0.2) is 18.3 Å². The maximum absolute atomic E-state index is 6.27. The number of hydrogen-bond acceptors (Lipinski definition) is 2. The fourth-order valence-electron chi connectivity index (χ4n) is 4.80. The maximum atomic E-state index is 6.27. The number of hydrogen-bond donors (Lipinski definition) is 0. The van der Waals surface area contributed by atoms with E-state index in [0.29, 0.717) is 0 Å². The van der Waals surface area contributed by atoms with Gasteiger partial charge in [0.05, 0.1) is 11.2 Å². The molecule has 0 radical (unpaired) electrons. The van der Waals surface area contributed by atoms with E-state index >= 15 is 0 Å². The standard InChI is InChI=1S/C28H25BO2/c1-27(2)28(3,4)31-29(30-27)21-13-16-22-20(17-21)12-15-25-24(22)14-11-19-10-9-18-7-5-6-8-23(18)26(19)25/h5-17H,1-4H3. The van der Waals surface area contributed by atoms with Gasteiger partial charge >= 0.3 is 7.12 Å². The van der Waals surface area contributed by atoms with Gasteiger partial charge in [0.1, 0.15) is 0 Å². The molecule has 0 spiro atoms. The second kappa shape index (κ2) is 6.32. The molecule has 0 saturated carbocycles. The molecular weight excluding hydrogens is 379 g/mol. The Kier molecular flexibility index (Phi) is 3.84. The van der Waals surface area contributed by atoms with Gasteiger partial charge in [-0.1, -0.05) is 78.9 Å². The lowest BCUT2D eigenvalue weighted by atomic mass is 9.78. The predicted octanol–water partition coefficient (Wildman–Crippen LogP) is 6.60.